The summed E-state index contributed by atoms with van der Waals surface area (Å²) in [5.74, 6) is -0.504. The number of hydrogen-bond donors (Lipinski definition) is 2. The number of primary amides is 1. The normalized spacial score (nSPS) is 10.6. The van der Waals surface area contributed by atoms with Gasteiger partial charge in [-0.25, -0.2) is 4.68 Å². The fourth-order valence-electron chi connectivity index (χ4n) is 1.72. The van der Waals surface area contributed by atoms with Crippen LogP contribution >= 0.6 is 11.6 Å². The molecule has 2 rings (SSSR count). The van der Waals surface area contributed by atoms with Gasteiger partial charge in [0.15, 0.2) is 0 Å². The molecule has 94 valence electrons. The molecule has 6 heteroatoms. The lowest BCUT2D eigenvalue weighted by Gasteiger charge is -2.09. The Bertz CT molecular complexity index is 579. The van der Waals surface area contributed by atoms with Crippen molar-refractivity contribution in [2.45, 2.75) is 6.42 Å². The molecule has 0 radical (unpaired) electrons. The number of aromatic nitrogens is 2. The maximum absolute atomic E-state index is 11.0. The highest BCUT2D eigenvalue weighted by Gasteiger charge is 2.09. The lowest BCUT2D eigenvalue weighted by molar-refractivity contribution is 0.100. The number of hydrogen-bond acceptors (Lipinski definition) is 3. The molecule has 5 nitrogen and oxygen atoms in total. The molecule has 0 saturated heterocycles. The number of rotatable bonds is 4. The van der Waals surface area contributed by atoms with Crippen molar-refractivity contribution >= 4 is 17.5 Å². The highest BCUT2D eigenvalue weighted by molar-refractivity contribution is 6.30. The second-order valence-electron chi connectivity index (χ2n) is 3.85. The molecule has 0 aliphatic heterocycles. The molecule has 0 unspecified atom stereocenters. The molecule has 1 heterocycles. The van der Waals surface area contributed by atoms with Crippen molar-refractivity contribution in [2.24, 2.45) is 11.5 Å². The molecular formula is C12H13ClN4O. The van der Waals surface area contributed by atoms with E-state index in [-0.39, 0.29) is 0 Å². The molecule has 0 bridgehead atoms. The number of halogens is 1. The average molecular weight is 265 g/mol. The van der Waals surface area contributed by atoms with E-state index in [1.807, 2.05) is 12.1 Å². The van der Waals surface area contributed by atoms with Crippen LogP contribution in [-0.4, -0.2) is 22.2 Å². The second kappa shape index (κ2) is 5.20. The molecule has 1 aromatic carbocycles. The minimum Gasteiger partial charge on any atom is -0.366 e. The zero-order chi connectivity index (χ0) is 13.1. The standard InChI is InChI=1S/C12H13ClN4O/c13-10-1-2-11(8(5-10)3-4-14)17-7-9(6-16-17)12(15)18/h1-2,5-7H,3-4,14H2,(H2,15,18). The molecular weight excluding hydrogens is 252 g/mol. The van der Waals surface area contributed by atoms with Crippen LogP contribution in [0.25, 0.3) is 5.69 Å². The Balaban J connectivity index is 2.45. The van der Waals surface area contributed by atoms with E-state index >= 15 is 0 Å². The number of nitrogens with zero attached hydrogens (tertiary/aromatic N) is 2. The molecule has 1 amide bonds. The van der Waals surface area contributed by atoms with Crippen LogP contribution in [0, 0.1) is 0 Å². The van der Waals surface area contributed by atoms with Crippen molar-refractivity contribution in [3.8, 4) is 5.69 Å². The summed E-state index contributed by atoms with van der Waals surface area (Å²) in [7, 11) is 0. The third kappa shape index (κ3) is 2.52. The van der Waals surface area contributed by atoms with Gasteiger partial charge < -0.3 is 11.5 Å². The Labute approximate surface area is 109 Å². The van der Waals surface area contributed by atoms with Crippen LogP contribution in [0.5, 0.6) is 0 Å². The summed E-state index contributed by atoms with van der Waals surface area (Å²) < 4.78 is 1.60. The van der Waals surface area contributed by atoms with Gasteiger partial charge in [0.05, 0.1) is 17.4 Å². The summed E-state index contributed by atoms with van der Waals surface area (Å²) in [4.78, 5) is 11.0. The van der Waals surface area contributed by atoms with Crippen molar-refractivity contribution in [1.82, 2.24) is 9.78 Å². The third-order valence-electron chi connectivity index (χ3n) is 2.57. The fourth-order valence-corrected chi connectivity index (χ4v) is 1.91. The van der Waals surface area contributed by atoms with Crippen LogP contribution in [0.4, 0.5) is 0 Å². The van der Waals surface area contributed by atoms with Crippen molar-refractivity contribution in [3.63, 3.8) is 0 Å². The van der Waals surface area contributed by atoms with E-state index in [1.165, 1.54) is 6.20 Å². The quantitative estimate of drug-likeness (QED) is 0.868. The van der Waals surface area contributed by atoms with Gasteiger partial charge in [-0.15, -0.1) is 0 Å². The number of carbonyl (C=O) groups is 1. The predicted octanol–water partition coefficient (Wildman–Crippen LogP) is 1.13. The second-order valence-corrected chi connectivity index (χ2v) is 4.29. The molecule has 0 spiro atoms. The van der Waals surface area contributed by atoms with Gasteiger partial charge in [0, 0.05) is 11.2 Å². The smallest absolute Gasteiger partial charge is 0.251 e. The number of amides is 1. The van der Waals surface area contributed by atoms with E-state index in [9.17, 15) is 4.79 Å². The first-order valence-corrected chi connectivity index (χ1v) is 5.83. The van der Waals surface area contributed by atoms with Crippen molar-refractivity contribution in [1.29, 1.82) is 0 Å². The van der Waals surface area contributed by atoms with Crippen LogP contribution in [0.3, 0.4) is 0 Å². The summed E-state index contributed by atoms with van der Waals surface area (Å²) in [5, 5.41) is 4.76. The van der Waals surface area contributed by atoms with E-state index in [4.69, 9.17) is 23.1 Å². The first kappa shape index (κ1) is 12.6. The molecule has 0 fully saturated rings. The monoisotopic (exact) mass is 264 g/mol. The van der Waals surface area contributed by atoms with Crippen LogP contribution in [0.15, 0.2) is 30.6 Å². The maximum atomic E-state index is 11.0. The Morgan fingerprint density at radius 3 is 2.83 bits per heavy atom. The minimum atomic E-state index is -0.504. The van der Waals surface area contributed by atoms with Crippen LogP contribution < -0.4 is 11.5 Å². The van der Waals surface area contributed by atoms with Gasteiger partial charge in [-0.3, -0.25) is 4.79 Å². The zero-order valence-corrected chi connectivity index (χ0v) is 10.4. The lowest BCUT2D eigenvalue weighted by atomic mass is 10.1. The highest BCUT2D eigenvalue weighted by Crippen LogP contribution is 2.20. The van der Waals surface area contributed by atoms with Crippen LogP contribution in [-0.2, 0) is 6.42 Å². The van der Waals surface area contributed by atoms with Crippen LogP contribution in [0.2, 0.25) is 5.02 Å². The van der Waals surface area contributed by atoms with Gasteiger partial charge in [-0.1, -0.05) is 11.6 Å². The molecule has 0 atom stereocenters. The number of nitrogens with two attached hydrogens (primary N) is 2. The van der Waals surface area contributed by atoms with Crippen molar-refractivity contribution in [3.05, 3.63) is 46.7 Å². The minimum absolute atomic E-state index is 0.364. The van der Waals surface area contributed by atoms with E-state index in [1.54, 1.807) is 16.9 Å². The summed E-state index contributed by atoms with van der Waals surface area (Å²) >= 11 is 5.95. The molecule has 18 heavy (non-hydrogen) atoms. The van der Waals surface area contributed by atoms with Gasteiger partial charge >= 0.3 is 0 Å². The Morgan fingerprint density at radius 1 is 1.44 bits per heavy atom. The Morgan fingerprint density at radius 2 is 2.22 bits per heavy atom. The highest BCUT2D eigenvalue weighted by atomic mass is 35.5. The summed E-state index contributed by atoms with van der Waals surface area (Å²) in [6.07, 6.45) is 3.70. The molecule has 2 aromatic rings. The van der Waals surface area contributed by atoms with E-state index < -0.39 is 5.91 Å². The van der Waals surface area contributed by atoms with E-state index in [2.05, 4.69) is 5.10 Å². The van der Waals surface area contributed by atoms with Gasteiger partial charge in [-0.2, -0.15) is 5.10 Å². The molecule has 0 aliphatic carbocycles. The zero-order valence-electron chi connectivity index (χ0n) is 9.64. The van der Waals surface area contributed by atoms with Crippen LogP contribution in [0.1, 0.15) is 15.9 Å². The molecule has 4 N–H and O–H groups in total. The predicted molar refractivity (Wildman–Crippen MR) is 69.9 cm³/mol. The summed E-state index contributed by atoms with van der Waals surface area (Å²) in [5.41, 5.74) is 12.9. The van der Waals surface area contributed by atoms with Gasteiger partial charge in [0.2, 0.25) is 0 Å². The summed E-state index contributed by atoms with van der Waals surface area (Å²) in [6, 6.07) is 5.45. The maximum Gasteiger partial charge on any atom is 0.251 e. The Hall–Kier alpha value is -1.85. The van der Waals surface area contributed by atoms with Gasteiger partial charge in [0.25, 0.3) is 5.91 Å². The lowest BCUT2D eigenvalue weighted by Crippen LogP contribution is -2.10. The SMILES string of the molecule is NCCc1cc(Cl)ccc1-n1cc(C(N)=O)cn1. The molecule has 0 saturated carbocycles. The Kier molecular flexibility index (Phi) is 3.64. The number of carbonyl (C=O) groups excluding carboxylic acids is 1. The van der Waals surface area contributed by atoms with E-state index in [0.29, 0.717) is 23.6 Å². The average Bonchev–Trinajstić information content (AvgIpc) is 2.79. The molecule has 1 aromatic heterocycles. The first-order chi connectivity index (χ1) is 8.61. The largest absolute Gasteiger partial charge is 0.366 e. The topological polar surface area (TPSA) is 86.9 Å². The van der Waals surface area contributed by atoms with Gasteiger partial charge in [0.1, 0.15) is 0 Å². The van der Waals surface area contributed by atoms with E-state index in [0.717, 1.165) is 11.3 Å². The van der Waals surface area contributed by atoms with Crippen molar-refractivity contribution in [2.75, 3.05) is 6.54 Å². The fraction of sp³-hybridized carbons (Fsp3) is 0.167. The third-order valence-corrected chi connectivity index (χ3v) is 2.80. The van der Waals surface area contributed by atoms with Gasteiger partial charge in [-0.05, 0) is 36.7 Å². The summed E-state index contributed by atoms with van der Waals surface area (Å²) in [6.45, 7) is 0.511. The molecule has 0 aliphatic rings. The number of benzene rings is 1. The first-order valence-electron chi connectivity index (χ1n) is 5.45. The van der Waals surface area contributed by atoms with Crippen molar-refractivity contribution < 1.29 is 4.79 Å².